The summed E-state index contributed by atoms with van der Waals surface area (Å²) in [5.41, 5.74) is 3.60. The van der Waals surface area contributed by atoms with Crippen molar-refractivity contribution in [3.63, 3.8) is 0 Å². The van der Waals surface area contributed by atoms with E-state index in [1.807, 2.05) is 6.92 Å². The Morgan fingerprint density at radius 1 is 1.22 bits per heavy atom. The number of rotatable bonds is 5. The molecule has 2 rings (SSSR count). The van der Waals surface area contributed by atoms with Gasteiger partial charge in [-0.05, 0) is 31.4 Å². The van der Waals surface area contributed by atoms with Crippen molar-refractivity contribution in [2.24, 2.45) is 0 Å². The third kappa shape index (κ3) is 2.55. The standard InChI is InChI=1S/C15H21N3/c1-4-10-16-15-17-12(3)11-18(15)14-9-7-6-8-13(14)5-2/h6-9,11H,4-5,10H2,1-3H3,(H,16,17). The van der Waals surface area contributed by atoms with Gasteiger partial charge in [0.05, 0.1) is 11.4 Å². The highest BCUT2D eigenvalue weighted by Crippen LogP contribution is 2.20. The zero-order valence-corrected chi connectivity index (χ0v) is 11.4. The lowest BCUT2D eigenvalue weighted by atomic mass is 10.1. The first-order valence-corrected chi connectivity index (χ1v) is 6.64. The molecule has 3 heteroatoms. The molecule has 0 aliphatic rings. The van der Waals surface area contributed by atoms with Crippen LogP contribution in [0.15, 0.2) is 30.5 Å². The van der Waals surface area contributed by atoms with E-state index in [0.29, 0.717) is 0 Å². The van der Waals surface area contributed by atoms with Gasteiger partial charge in [0.15, 0.2) is 0 Å². The minimum absolute atomic E-state index is 0.940. The first kappa shape index (κ1) is 12.7. The second kappa shape index (κ2) is 5.71. The lowest BCUT2D eigenvalue weighted by Crippen LogP contribution is -2.07. The van der Waals surface area contributed by atoms with Gasteiger partial charge in [-0.15, -0.1) is 0 Å². The Bertz CT molecular complexity index is 514. The Morgan fingerprint density at radius 2 is 2.00 bits per heavy atom. The molecule has 0 radical (unpaired) electrons. The normalized spacial score (nSPS) is 10.6. The van der Waals surface area contributed by atoms with E-state index in [9.17, 15) is 0 Å². The molecule has 0 atom stereocenters. The van der Waals surface area contributed by atoms with Crippen molar-refractivity contribution in [3.05, 3.63) is 41.7 Å². The maximum Gasteiger partial charge on any atom is 0.207 e. The number of aromatic nitrogens is 2. The third-order valence-corrected chi connectivity index (χ3v) is 2.99. The molecule has 0 bridgehead atoms. The fourth-order valence-corrected chi connectivity index (χ4v) is 2.09. The molecule has 0 spiro atoms. The van der Waals surface area contributed by atoms with Crippen molar-refractivity contribution in [2.75, 3.05) is 11.9 Å². The van der Waals surface area contributed by atoms with Crippen molar-refractivity contribution in [1.29, 1.82) is 0 Å². The molecule has 1 aromatic carbocycles. The summed E-state index contributed by atoms with van der Waals surface area (Å²) in [6, 6.07) is 8.49. The van der Waals surface area contributed by atoms with E-state index in [2.05, 4.69) is 59.2 Å². The van der Waals surface area contributed by atoms with Gasteiger partial charge in [0.2, 0.25) is 5.95 Å². The minimum atomic E-state index is 0.940. The van der Waals surface area contributed by atoms with Gasteiger partial charge in [-0.1, -0.05) is 32.0 Å². The van der Waals surface area contributed by atoms with Crippen LogP contribution in [-0.4, -0.2) is 16.1 Å². The Balaban J connectivity index is 2.42. The summed E-state index contributed by atoms with van der Waals surface area (Å²) in [6.07, 6.45) is 4.22. The summed E-state index contributed by atoms with van der Waals surface area (Å²) in [5.74, 6) is 0.940. The number of anilines is 1. The van der Waals surface area contributed by atoms with Gasteiger partial charge >= 0.3 is 0 Å². The highest BCUT2D eigenvalue weighted by molar-refractivity contribution is 5.48. The zero-order valence-electron chi connectivity index (χ0n) is 11.4. The molecule has 2 aromatic rings. The van der Waals surface area contributed by atoms with Crippen molar-refractivity contribution >= 4 is 5.95 Å². The molecule has 0 unspecified atom stereocenters. The topological polar surface area (TPSA) is 29.9 Å². The summed E-state index contributed by atoms with van der Waals surface area (Å²) >= 11 is 0. The molecule has 18 heavy (non-hydrogen) atoms. The fourth-order valence-electron chi connectivity index (χ4n) is 2.09. The molecule has 96 valence electrons. The molecular weight excluding hydrogens is 222 g/mol. The maximum atomic E-state index is 4.55. The van der Waals surface area contributed by atoms with E-state index in [1.54, 1.807) is 0 Å². The van der Waals surface area contributed by atoms with Crippen molar-refractivity contribution in [1.82, 2.24) is 9.55 Å². The van der Waals surface area contributed by atoms with Crippen LogP contribution in [-0.2, 0) is 6.42 Å². The van der Waals surface area contributed by atoms with E-state index < -0.39 is 0 Å². The monoisotopic (exact) mass is 243 g/mol. The van der Waals surface area contributed by atoms with E-state index in [4.69, 9.17) is 0 Å². The van der Waals surface area contributed by atoms with Crippen molar-refractivity contribution in [2.45, 2.75) is 33.6 Å². The van der Waals surface area contributed by atoms with Gasteiger partial charge in [0, 0.05) is 12.7 Å². The number of nitrogens with one attached hydrogen (secondary N) is 1. The second-order valence-electron chi connectivity index (χ2n) is 4.48. The third-order valence-electron chi connectivity index (χ3n) is 2.99. The summed E-state index contributed by atoms with van der Waals surface area (Å²) < 4.78 is 2.16. The molecule has 3 nitrogen and oxygen atoms in total. The first-order chi connectivity index (χ1) is 8.76. The van der Waals surface area contributed by atoms with Gasteiger partial charge in [0.25, 0.3) is 0 Å². The maximum absolute atomic E-state index is 4.55. The SMILES string of the molecule is CCCNc1nc(C)cn1-c1ccccc1CC. The average molecular weight is 243 g/mol. The molecule has 1 heterocycles. The molecule has 0 saturated carbocycles. The zero-order chi connectivity index (χ0) is 13.0. The van der Waals surface area contributed by atoms with Crippen LogP contribution in [0, 0.1) is 6.92 Å². The van der Waals surface area contributed by atoms with Crippen LogP contribution < -0.4 is 5.32 Å². The van der Waals surface area contributed by atoms with Gasteiger partial charge in [-0.2, -0.15) is 0 Å². The lowest BCUT2D eigenvalue weighted by molar-refractivity contribution is 0.929. The van der Waals surface area contributed by atoms with E-state index in [0.717, 1.165) is 31.0 Å². The highest BCUT2D eigenvalue weighted by Gasteiger charge is 2.09. The number of para-hydroxylation sites is 1. The molecule has 0 aliphatic carbocycles. The molecule has 0 amide bonds. The molecule has 0 fully saturated rings. The molecule has 0 saturated heterocycles. The Labute approximate surface area is 109 Å². The van der Waals surface area contributed by atoms with E-state index >= 15 is 0 Å². The average Bonchev–Trinajstić information content (AvgIpc) is 2.77. The summed E-state index contributed by atoms with van der Waals surface area (Å²) in [5, 5.41) is 3.39. The van der Waals surface area contributed by atoms with Gasteiger partial charge < -0.3 is 5.32 Å². The van der Waals surface area contributed by atoms with Crippen LogP contribution in [0.4, 0.5) is 5.95 Å². The number of hydrogen-bond acceptors (Lipinski definition) is 2. The predicted octanol–water partition coefficient (Wildman–Crippen LogP) is 3.57. The molecular formula is C15H21N3. The number of imidazole rings is 1. The van der Waals surface area contributed by atoms with E-state index in [-0.39, 0.29) is 0 Å². The number of benzene rings is 1. The number of aryl methyl sites for hydroxylation is 2. The summed E-state index contributed by atoms with van der Waals surface area (Å²) in [7, 11) is 0. The van der Waals surface area contributed by atoms with Crippen LogP contribution in [0.2, 0.25) is 0 Å². The number of nitrogens with zero attached hydrogens (tertiary/aromatic N) is 2. The Kier molecular flexibility index (Phi) is 4.03. The van der Waals surface area contributed by atoms with Crippen LogP contribution in [0.3, 0.4) is 0 Å². The Hall–Kier alpha value is -1.77. The molecule has 0 aliphatic heterocycles. The Morgan fingerprint density at radius 3 is 2.72 bits per heavy atom. The summed E-state index contributed by atoms with van der Waals surface area (Å²) in [4.78, 5) is 4.55. The predicted molar refractivity (Wildman–Crippen MR) is 76.5 cm³/mol. The number of hydrogen-bond donors (Lipinski definition) is 1. The van der Waals surface area contributed by atoms with Gasteiger partial charge in [-0.3, -0.25) is 4.57 Å². The minimum Gasteiger partial charge on any atom is -0.355 e. The second-order valence-corrected chi connectivity index (χ2v) is 4.48. The highest BCUT2D eigenvalue weighted by atomic mass is 15.2. The van der Waals surface area contributed by atoms with E-state index in [1.165, 1.54) is 11.3 Å². The van der Waals surface area contributed by atoms with Gasteiger partial charge in [0.1, 0.15) is 0 Å². The summed E-state index contributed by atoms with van der Waals surface area (Å²) in [6.45, 7) is 7.32. The smallest absolute Gasteiger partial charge is 0.207 e. The first-order valence-electron chi connectivity index (χ1n) is 6.64. The van der Waals surface area contributed by atoms with Crippen molar-refractivity contribution < 1.29 is 0 Å². The quantitative estimate of drug-likeness (QED) is 0.870. The fraction of sp³-hybridized carbons (Fsp3) is 0.400. The van der Waals surface area contributed by atoms with Crippen LogP contribution in [0.1, 0.15) is 31.5 Å². The molecule has 1 aromatic heterocycles. The van der Waals surface area contributed by atoms with Crippen molar-refractivity contribution in [3.8, 4) is 5.69 Å². The molecule has 1 N–H and O–H groups in total. The van der Waals surface area contributed by atoms with Crippen LogP contribution >= 0.6 is 0 Å². The lowest BCUT2D eigenvalue weighted by Gasteiger charge is -2.12. The van der Waals surface area contributed by atoms with Gasteiger partial charge in [-0.25, -0.2) is 4.98 Å². The largest absolute Gasteiger partial charge is 0.355 e. The van der Waals surface area contributed by atoms with Crippen LogP contribution in [0.5, 0.6) is 0 Å². The van der Waals surface area contributed by atoms with Crippen LogP contribution in [0.25, 0.3) is 5.69 Å².